The number of nitrogens with one attached hydrogen (secondary N) is 1. The third kappa shape index (κ3) is 3.96. The van der Waals surface area contributed by atoms with Crippen LogP contribution in [0.15, 0.2) is 30.3 Å². The molecule has 2 rings (SSSR count). The maximum absolute atomic E-state index is 11.7. The molecule has 0 saturated carbocycles. The van der Waals surface area contributed by atoms with Crippen LogP contribution in [0.5, 0.6) is 0 Å². The standard InChI is InChI=1S/C22H36N2O2/c1-8-21(6)15-20(23-18(5)25)16(3)22(7,9-2)24(21)26-17(4)19-13-11-10-12-14-19/h10-14,16-17,20H,8-9,15H2,1-7H3,(H,23,25). The van der Waals surface area contributed by atoms with Gasteiger partial charge in [-0.1, -0.05) is 51.1 Å². The highest BCUT2D eigenvalue weighted by atomic mass is 16.7. The SMILES string of the molecule is CCC1(C)CC(NC(C)=O)C(C)C(C)(CC)N1OC(C)c1ccccc1. The summed E-state index contributed by atoms with van der Waals surface area (Å²) in [6.07, 6.45) is 2.80. The number of rotatable bonds is 6. The van der Waals surface area contributed by atoms with Crippen LogP contribution in [0.25, 0.3) is 0 Å². The summed E-state index contributed by atoms with van der Waals surface area (Å²) in [5.41, 5.74) is 0.896. The van der Waals surface area contributed by atoms with Crippen LogP contribution in [0.1, 0.15) is 79.4 Å². The van der Waals surface area contributed by atoms with Gasteiger partial charge in [-0.15, -0.1) is 0 Å². The molecule has 1 aromatic rings. The minimum atomic E-state index is -0.154. The Morgan fingerprint density at radius 3 is 2.38 bits per heavy atom. The first-order valence-corrected chi connectivity index (χ1v) is 9.97. The molecule has 4 heteroatoms. The predicted molar refractivity (Wildman–Crippen MR) is 107 cm³/mol. The van der Waals surface area contributed by atoms with E-state index in [0.717, 1.165) is 19.3 Å². The van der Waals surface area contributed by atoms with Crippen LogP contribution in [0.2, 0.25) is 0 Å². The highest BCUT2D eigenvalue weighted by Crippen LogP contribution is 2.47. The molecule has 0 aromatic heterocycles. The van der Waals surface area contributed by atoms with Crippen LogP contribution >= 0.6 is 0 Å². The number of amides is 1. The summed E-state index contributed by atoms with van der Waals surface area (Å²) in [4.78, 5) is 18.4. The third-order valence-corrected chi connectivity index (χ3v) is 6.60. The van der Waals surface area contributed by atoms with Crippen molar-refractivity contribution in [2.24, 2.45) is 5.92 Å². The van der Waals surface area contributed by atoms with Crippen LogP contribution in [-0.4, -0.2) is 28.1 Å². The third-order valence-electron chi connectivity index (χ3n) is 6.60. The zero-order chi connectivity index (χ0) is 19.5. The number of nitrogens with zero attached hydrogens (tertiary/aromatic N) is 1. The summed E-state index contributed by atoms with van der Waals surface area (Å²) in [5.74, 6) is 0.338. The smallest absolute Gasteiger partial charge is 0.217 e. The molecule has 0 spiro atoms. The van der Waals surface area contributed by atoms with E-state index in [2.05, 4.69) is 76.2 Å². The number of carbonyl (C=O) groups excluding carboxylic acids is 1. The van der Waals surface area contributed by atoms with Crippen molar-refractivity contribution in [3.05, 3.63) is 35.9 Å². The lowest BCUT2D eigenvalue weighted by molar-refractivity contribution is -0.327. The highest BCUT2D eigenvalue weighted by Gasteiger charge is 2.54. The van der Waals surface area contributed by atoms with E-state index in [4.69, 9.17) is 4.84 Å². The summed E-state index contributed by atoms with van der Waals surface area (Å²) in [6.45, 7) is 14.9. The van der Waals surface area contributed by atoms with E-state index < -0.39 is 0 Å². The Morgan fingerprint density at radius 2 is 1.88 bits per heavy atom. The van der Waals surface area contributed by atoms with E-state index in [1.54, 1.807) is 6.92 Å². The van der Waals surface area contributed by atoms with Gasteiger partial charge in [0.2, 0.25) is 5.91 Å². The summed E-state index contributed by atoms with van der Waals surface area (Å²) in [5, 5.41) is 5.46. The van der Waals surface area contributed by atoms with Gasteiger partial charge in [-0.25, -0.2) is 0 Å². The van der Waals surface area contributed by atoms with E-state index >= 15 is 0 Å². The topological polar surface area (TPSA) is 41.6 Å². The number of benzene rings is 1. The normalized spacial score (nSPS) is 33.7. The number of hydrogen-bond donors (Lipinski definition) is 1. The largest absolute Gasteiger partial charge is 0.353 e. The molecule has 1 saturated heterocycles. The van der Waals surface area contributed by atoms with E-state index in [0.29, 0.717) is 5.92 Å². The molecule has 1 N–H and O–H groups in total. The minimum Gasteiger partial charge on any atom is -0.353 e. The van der Waals surface area contributed by atoms with Gasteiger partial charge in [0.15, 0.2) is 0 Å². The molecular weight excluding hydrogens is 324 g/mol. The van der Waals surface area contributed by atoms with Gasteiger partial charge >= 0.3 is 0 Å². The van der Waals surface area contributed by atoms with Gasteiger partial charge in [0.1, 0.15) is 6.10 Å². The van der Waals surface area contributed by atoms with Crippen molar-refractivity contribution < 1.29 is 9.63 Å². The molecular formula is C22H36N2O2. The van der Waals surface area contributed by atoms with Crippen molar-refractivity contribution in [1.82, 2.24) is 10.4 Å². The molecule has 26 heavy (non-hydrogen) atoms. The fraction of sp³-hybridized carbons (Fsp3) is 0.682. The Labute approximate surface area is 159 Å². The van der Waals surface area contributed by atoms with E-state index in [1.807, 2.05) is 6.07 Å². The Balaban J connectivity index is 2.36. The molecule has 5 unspecified atom stereocenters. The van der Waals surface area contributed by atoms with E-state index in [1.165, 1.54) is 5.56 Å². The zero-order valence-corrected chi connectivity index (χ0v) is 17.5. The Bertz CT molecular complexity index is 605. The second-order valence-electron chi connectivity index (χ2n) is 8.31. The molecule has 0 aliphatic carbocycles. The second-order valence-corrected chi connectivity index (χ2v) is 8.31. The van der Waals surface area contributed by atoms with Gasteiger partial charge in [0, 0.05) is 24.0 Å². The van der Waals surface area contributed by atoms with Gasteiger partial charge in [-0.2, -0.15) is 5.06 Å². The highest BCUT2D eigenvalue weighted by molar-refractivity contribution is 5.73. The maximum atomic E-state index is 11.7. The second kappa shape index (κ2) is 8.10. The summed E-state index contributed by atoms with van der Waals surface area (Å²) in [7, 11) is 0. The Kier molecular flexibility index (Phi) is 6.51. The van der Waals surface area contributed by atoms with Crippen molar-refractivity contribution in [3.8, 4) is 0 Å². The van der Waals surface area contributed by atoms with Gasteiger partial charge in [-0.3, -0.25) is 9.63 Å². The van der Waals surface area contributed by atoms with Crippen molar-refractivity contribution in [1.29, 1.82) is 0 Å². The first-order chi connectivity index (χ1) is 12.2. The van der Waals surface area contributed by atoms with Crippen LogP contribution in [0.4, 0.5) is 0 Å². The fourth-order valence-corrected chi connectivity index (χ4v) is 4.35. The monoisotopic (exact) mass is 360 g/mol. The molecule has 5 atom stereocenters. The molecule has 1 fully saturated rings. The van der Waals surface area contributed by atoms with Crippen LogP contribution in [0, 0.1) is 5.92 Å². The molecule has 1 aliphatic rings. The number of piperidine rings is 1. The van der Waals surface area contributed by atoms with Crippen molar-refractivity contribution in [2.75, 3.05) is 0 Å². The number of carbonyl (C=O) groups is 1. The quantitative estimate of drug-likeness (QED) is 0.787. The number of hydroxylamine groups is 2. The van der Waals surface area contributed by atoms with Crippen molar-refractivity contribution in [3.63, 3.8) is 0 Å². The first kappa shape index (κ1) is 20.9. The van der Waals surface area contributed by atoms with E-state index in [-0.39, 0.29) is 29.1 Å². The molecule has 4 nitrogen and oxygen atoms in total. The fourth-order valence-electron chi connectivity index (χ4n) is 4.35. The average Bonchev–Trinajstić information content (AvgIpc) is 2.63. The summed E-state index contributed by atoms with van der Waals surface area (Å²) in [6, 6.07) is 10.5. The summed E-state index contributed by atoms with van der Waals surface area (Å²) < 4.78 is 0. The van der Waals surface area contributed by atoms with E-state index in [9.17, 15) is 4.79 Å². The van der Waals surface area contributed by atoms with Crippen LogP contribution < -0.4 is 5.32 Å². The molecule has 1 aliphatic heterocycles. The molecule has 0 bridgehead atoms. The summed E-state index contributed by atoms with van der Waals surface area (Å²) >= 11 is 0. The lowest BCUT2D eigenvalue weighted by Crippen LogP contribution is -2.69. The van der Waals surface area contributed by atoms with Crippen LogP contribution in [0.3, 0.4) is 0 Å². The van der Waals surface area contributed by atoms with Gasteiger partial charge in [-0.05, 0) is 51.5 Å². The first-order valence-electron chi connectivity index (χ1n) is 9.97. The lowest BCUT2D eigenvalue weighted by atomic mass is 9.68. The van der Waals surface area contributed by atoms with Gasteiger partial charge in [0.25, 0.3) is 0 Å². The van der Waals surface area contributed by atoms with Gasteiger partial charge in [0.05, 0.1) is 0 Å². The molecule has 0 radical (unpaired) electrons. The molecule has 1 heterocycles. The van der Waals surface area contributed by atoms with Gasteiger partial charge < -0.3 is 5.32 Å². The maximum Gasteiger partial charge on any atom is 0.217 e. The molecule has 1 amide bonds. The Hall–Kier alpha value is -1.39. The van der Waals surface area contributed by atoms with Crippen LogP contribution in [-0.2, 0) is 9.63 Å². The molecule has 1 aromatic carbocycles. The lowest BCUT2D eigenvalue weighted by Gasteiger charge is -2.60. The number of hydrogen-bond acceptors (Lipinski definition) is 3. The minimum absolute atomic E-state index is 0.0162. The predicted octanol–water partition coefficient (Wildman–Crippen LogP) is 4.86. The van der Waals surface area contributed by atoms with Crippen molar-refractivity contribution in [2.45, 2.75) is 91.0 Å². The average molecular weight is 361 g/mol. The molecule has 146 valence electrons. The van der Waals surface area contributed by atoms with Crippen molar-refractivity contribution >= 4 is 5.91 Å². The Morgan fingerprint density at radius 1 is 1.27 bits per heavy atom. The zero-order valence-electron chi connectivity index (χ0n) is 17.5.